The summed E-state index contributed by atoms with van der Waals surface area (Å²) in [7, 11) is -1.70. The molecule has 0 N–H and O–H groups in total. The van der Waals surface area contributed by atoms with Gasteiger partial charge in [0.1, 0.15) is 11.0 Å². The van der Waals surface area contributed by atoms with Crippen molar-refractivity contribution in [1.29, 1.82) is 0 Å². The van der Waals surface area contributed by atoms with Crippen LogP contribution in [-0.4, -0.2) is 15.2 Å². The Morgan fingerprint density at radius 2 is 1.80 bits per heavy atom. The summed E-state index contributed by atoms with van der Waals surface area (Å²) in [6.07, 6.45) is -3.85. The van der Waals surface area contributed by atoms with Crippen molar-refractivity contribution in [3.8, 4) is 0 Å². The topological polar surface area (TPSA) is 29.4 Å². The molecule has 8 heteroatoms. The van der Waals surface area contributed by atoms with Crippen molar-refractivity contribution in [2.75, 3.05) is 0 Å². The predicted molar refractivity (Wildman–Crippen MR) is 71.9 cm³/mol. The van der Waals surface area contributed by atoms with Gasteiger partial charge in [-0.25, -0.2) is 8.60 Å². The number of hydrogen-bond donors (Lipinski definition) is 0. The van der Waals surface area contributed by atoms with Crippen LogP contribution >= 0.6 is 11.6 Å². The Bertz CT molecular complexity index is 564. The average Bonchev–Trinajstić information content (AvgIpc) is 2.27. The maximum atomic E-state index is 13.6. The van der Waals surface area contributed by atoms with Crippen LogP contribution in [0.4, 0.5) is 17.6 Å². The normalized spacial score (nSPS) is 14.8. The molecule has 0 aliphatic rings. The molecular formula is C12H12ClF4NOS. The van der Waals surface area contributed by atoms with E-state index >= 15 is 0 Å². The zero-order valence-electron chi connectivity index (χ0n) is 10.9. The maximum Gasteiger partial charge on any atom is 0.416 e. The van der Waals surface area contributed by atoms with Crippen molar-refractivity contribution >= 4 is 28.8 Å². The lowest BCUT2D eigenvalue weighted by Gasteiger charge is -2.13. The second-order valence-corrected chi connectivity index (χ2v) is 7.30. The van der Waals surface area contributed by atoms with Crippen LogP contribution in [-0.2, 0) is 17.2 Å². The Balaban J connectivity index is 3.22. The molecular weight excluding hydrogens is 318 g/mol. The van der Waals surface area contributed by atoms with Gasteiger partial charge < -0.3 is 0 Å². The first-order chi connectivity index (χ1) is 8.93. The summed E-state index contributed by atoms with van der Waals surface area (Å²) in [6.45, 7) is 4.90. The molecule has 1 aromatic rings. The first-order valence-electron chi connectivity index (χ1n) is 5.45. The molecule has 2 nitrogen and oxygen atoms in total. The fourth-order valence-corrected chi connectivity index (χ4v) is 1.88. The van der Waals surface area contributed by atoms with Gasteiger partial charge in [-0.2, -0.15) is 17.6 Å². The highest BCUT2D eigenvalue weighted by Gasteiger charge is 2.32. The van der Waals surface area contributed by atoms with Crippen LogP contribution in [0.25, 0.3) is 0 Å². The van der Waals surface area contributed by atoms with Gasteiger partial charge in [0.2, 0.25) is 0 Å². The number of halogens is 5. The minimum atomic E-state index is -4.65. The molecule has 112 valence electrons. The summed E-state index contributed by atoms with van der Waals surface area (Å²) in [4.78, 5) is 0. The molecule has 0 amide bonds. The summed E-state index contributed by atoms with van der Waals surface area (Å²) in [5.41, 5.74) is -1.55. The first kappa shape index (κ1) is 17.1. The van der Waals surface area contributed by atoms with Gasteiger partial charge in [-0.15, -0.1) is 0 Å². The molecule has 20 heavy (non-hydrogen) atoms. The van der Waals surface area contributed by atoms with E-state index in [0.29, 0.717) is 12.1 Å². The lowest BCUT2D eigenvalue weighted by molar-refractivity contribution is -0.137. The molecule has 0 radical (unpaired) electrons. The summed E-state index contributed by atoms with van der Waals surface area (Å²) in [6, 6.07) is 1.07. The Morgan fingerprint density at radius 1 is 1.25 bits per heavy atom. The summed E-state index contributed by atoms with van der Waals surface area (Å²) in [5, 5.41) is -0.664. The Labute approximate surface area is 121 Å². The third-order valence-corrected chi connectivity index (χ3v) is 3.81. The highest BCUT2D eigenvalue weighted by molar-refractivity contribution is 7.85. The van der Waals surface area contributed by atoms with Crippen molar-refractivity contribution in [2.24, 2.45) is 4.40 Å². The average molecular weight is 330 g/mol. The molecule has 0 aromatic heterocycles. The van der Waals surface area contributed by atoms with Gasteiger partial charge in [0, 0.05) is 11.8 Å². The van der Waals surface area contributed by atoms with Crippen LogP contribution in [0.5, 0.6) is 0 Å². The zero-order chi connectivity index (χ0) is 15.7. The summed E-state index contributed by atoms with van der Waals surface area (Å²) in [5.74, 6) is -1.03. The SMILES string of the molecule is CC(C)(C)S(=O)N=Cc1cc(C(F)(F)F)cc(Cl)c1F. The third-order valence-electron chi connectivity index (χ3n) is 2.20. The minimum absolute atomic E-state index is 0.456. The van der Waals surface area contributed by atoms with Crippen molar-refractivity contribution < 1.29 is 21.8 Å². The van der Waals surface area contributed by atoms with E-state index in [9.17, 15) is 21.8 Å². The van der Waals surface area contributed by atoms with Gasteiger partial charge in [0.25, 0.3) is 0 Å². The molecule has 0 fully saturated rings. The van der Waals surface area contributed by atoms with Gasteiger partial charge >= 0.3 is 6.18 Å². The van der Waals surface area contributed by atoms with E-state index in [-0.39, 0.29) is 0 Å². The quantitative estimate of drug-likeness (QED) is 0.585. The monoisotopic (exact) mass is 329 g/mol. The molecule has 1 rings (SSSR count). The summed E-state index contributed by atoms with van der Waals surface area (Å²) >= 11 is 5.42. The molecule has 0 heterocycles. The highest BCUT2D eigenvalue weighted by atomic mass is 35.5. The Hall–Kier alpha value is -0.950. The van der Waals surface area contributed by atoms with E-state index in [1.165, 1.54) is 0 Å². The second kappa shape index (κ2) is 5.81. The van der Waals surface area contributed by atoms with E-state index in [1.54, 1.807) is 20.8 Å². The maximum absolute atomic E-state index is 13.6. The molecule has 0 bridgehead atoms. The molecule has 0 aliphatic heterocycles. The van der Waals surface area contributed by atoms with Crippen LogP contribution in [0.15, 0.2) is 16.5 Å². The number of benzene rings is 1. The van der Waals surface area contributed by atoms with Crippen molar-refractivity contribution in [1.82, 2.24) is 0 Å². The van der Waals surface area contributed by atoms with Gasteiger partial charge in [-0.05, 0) is 32.9 Å². The fourth-order valence-electron chi connectivity index (χ4n) is 1.13. The van der Waals surface area contributed by atoms with Crippen molar-refractivity contribution in [3.63, 3.8) is 0 Å². The van der Waals surface area contributed by atoms with E-state index in [1.807, 2.05) is 0 Å². The molecule has 1 unspecified atom stereocenters. The number of alkyl halides is 3. The molecule has 0 saturated carbocycles. The van der Waals surface area contributed by atoms with Crippen molar-refractivity contribution in [3.05, 3.63) is 34.1 Å². The van der Waals surface area contributed by atoms with E-state index in [2.05, 4.69) is 4.40 Å². The Kier molecular flexibility index (Phi) is 4.97. The standard InChI is InChI=1S/C12H12ClF4NOS/c1-11(2,3)20(19)18-6-7-4-8(12(15,16)17)5-9(13)10(7)14/h4-6H,1-3H3. The van der Waals surface area contributed by atoms with Crippen LogP contribution < -0.4 is 0 Å². The van der Waals surface area contributed by atoms with Gasteiger partial charge in [-0.1, -0.05) is 11.6 Å². The number of hydrogen-bond acceptors (Lipinski definition) is 1. The van der Waals surface area contributed by atoms with Gasteiger partial charge in [0.05, 0.1) is 15.3 Å². The predicted octanol–water partition coefficient (Wildman–Crippen LogP) is 4.38. The number of rotatable bonds is 2. The van der Waals surface area contributed by atoms with E-state index < -0.39 is 43.9 Å². The molecule has 1 aromatic carbocycles. The van der Waals surface area contributed by atoms with Crippen LogP contribution in [0.1, 0.15) is 31.9 Å². The van der Waals surface area contributed by atoms with Crippen LogP contribution in [0.2, 0.25) is 5.02 Å². The second-order valence-electron chi connectivity index (χ2n) is 4.96. The molecule has 0 saturated heterocycles. The van der Waals surface area contributed by atoms with Crippen molar-refractivity contribution in [2.45, 2.75) is 31.7 Å². The minimum Gasteiger partial charge on any atom is -0.234 e. The first-order valence-corrected chi connectivity index (χ1v) is 6.93. The zero-order valence-corrected chi connectivity index (χ0v) is 12.5. The lowest BCUT2D eigenvalue weighted by atomic mass is 10.1. The summed E-state index contributed by atoms with van der Waals surface area (Å²) < 4.78 is 65.9. The molecule has 0 aliphatic carbocycles. The fraction of sp³-hybridized carbons (Fsp3) is 0.417. The van der Waals surface area contributed by atoms with Crippen LogP contribution in [0.3, 0.4) is 0 Å². The Morgan fingerprint density at radius 3 is 2.25 bits per heavy atom. The number of nitrogens with zero attached hydrogens (tertiary/aromatic N) is 1. The lowest BCUT2D eigenvalue weighted by Crippen LogP contribution is -2.19. The highest BCUT2D eigenvalue weighted by Crippen LogP contribution is 2.33. The van der Waals surface area contributed by atoms with E-state index in [0.717, 1.165) is 6.21 Å². The largest absolute Gasteiger partial charge is 0.416 e. The van der Waals surface area contributed by atoms with Gasteiger partial charge in [-0.3, -0.25) is 0 Å². The molecule has 0 spiro atoms. The molecule has 1 atom stereocenters. The van der Waals surface area contributed by atoms with E-state index in [4.69, 9.17) is 11.6 Å². The third kappa shape index (κ3) is 4.28. The van der Waals surface area contributed by atoms with Crippen LogP contribution in [0, 0.1) is 5.82 Å². The van der Waals surface area contributed by atoms with Gasteiger partial charge in [0.15, 0.2) is 5.82 Å². The smallest absolute Gasteiger partial charge is 0.234 e.